The minimum atomic E-state index is -4.91. The highest BCUT2D eigenvalue weighted by Crippen LogP contribution is 2.43. The molecule has 2 aliphatic rings. The van der Waals surface area contributed by atoms with Gasteiger partial charge in [0.25, 0.3) is 0 Å². The fourth-order valence-electron chi connectivity index (χ4n) is 8.55. The van der Waals surface area contributed by atoms with E-state index in [9.17, 15) is 62.3 Å². The van der Waals surface area contributed by atoms with Crippen molar-refractivity contribution in [3.63, 3.8) is 0 Å². The van der Waals surface area contributed by atoms with E-state index in [0.717, 1.165) is 48.5 Å². The monoisotopic (exact) mass is 1180 g/mol. The van der Waals surface area contributed by atoms with Crippen LogP contribution < -0.4 is 30.7 Å². The average molecular weight is 1180 g/mol. The van der Waals surface area contributed by atoms with Crippen molar-refractivity contribution >= 4 is 28.0 Å². The van der Waals surface area contributed by atoms with Crippen LogP contribution in [-0.4, -0.2) is 53.5 Å². The Bertz CT molecular complexity index is 3040. The van der Waals surface area contributed by atoms with Crippen molar-refractivity contribution in [2.75, 3.05) is 5.33 Å². The fraction of sp³-hybridized carbons (Fsp3) is 0.316. The van der Waals surface area contributed by atoms with Gasteiger partial charge in [-0.3, -0.25) is 0 Å². The Balaban J connectivity index is 0.000000284. The van der Waals surface area contributed by atoms with Gasteiger partial charge in [0.2, 0.25) is 0 Å². The first kappa shape index (κ1) is 62.4. The third-order valence-corrected chi connectivity index (χ3v) is 13.9. The Morgan fingerprint density at radius 1 is 0.532 bits per heavy atom. The van der Waals surface area contributed by atoms with Gasteiger partial charge in [0, 0.05) is 30.3 Å². The van der Waals surface area contributed by atoms with E-state index in [1.807, 2.05) is 6.07 Å². The number of benzene rings is 6. The smallest absolute Gasteiger partial charge is 0.428 e. The normalized spacial score (nSPS) is 15.4. The van der Waals surface area contributed by atoms with Crippen LogP contribution in [0, 0.1) is 34.6 Å². The second-order valence-corrected chi connectivity index (χ2v) is 19.2. The predicted molar refractivity (Wildman–Crippen MR) is 275 cm³/mol. The summed E-state index contributed by atoms with van der Waals surface area (Å²) in [4.78, 5) is 26.6. The van der Waals surface area contributed by atoms with Gasteiger partial charge in [0.15, 0.2) is 0 Å². The van der Waals surface area contributed by atoms with E-state index < -0.39 is 94.1 Å². The molecule has 0 radical (unpaired) electrons. The number of amides is 4. The van der Waals surface area contributed by atoms with Gasteiger partial charge in [-0.2, -0.15) is 40.4 Å². The van der Waals surface area contributed by atoms with Crippen LogP contribution in [0.3, 0.4) is 0 Å². The molecule has 2 fully saturated rings. The minimum absolute atomic E-state index is 0. The number of halogens is 13. The Kier molecular flexibility index (Phi) is 20.2. The molecule has 0 spiro atoms. The maximum Gasteiger partial charge on any atom is 0.461 e. The summed E-state index contributed by atoms with van der Waals surface area (Å²) in [5.41, 5.74) is -3.01. The Morgan fingerprint density at radius 2 is 0.886 bits per heavy atom. The molecule has 0 aliphatic heterocycles. The minimum Gasteiger partial charge on any atom is -0.428 e. The number of urea groups is 2. The van der Waals surface area contributed by atoms with Crippen LogP contribution in [0.4, 0.5) is 62.3 Å². The van der Waals surface area contributed by atoms with Gasteiger partial charge in [0.05, 0.1) is 34.6 Å². The molecule has 2 aliphatic carbocycles. The van der Waals surface area contributed by atoms with Crippen LogP contribution in [0.5, 0.6) is 11.5 Å². The summed E-state index contributed by atoms with van der Waals surface area (Å²) in [6.45, 7) is 0. The molecule has 22 heteroatoms. The van der Waals surface area contributed by atoms with E-state index in [4.69, 9.17) is 5.26 Å². The van der Waals surface area contributed by atoms with Crippen LogP contribution in [0.1, 0.15) is 80.3 Å². The third kappa shape index (κ3) is 15.7. The summed E-state index contributed by atoms with van der Waals surface area (Å²) in [6.07, 6.45) is -15.7. The zero-order valence-corrected chi connectivity index (χ0v) is 41.7. The van der Waals surface area contributed by atoms with Crippen molar-refractivity contribution in [3.05, 3.63) is 202 Å². The molecular weight excluding hydrogens is 1130 g/mol. The Hall–Kier alpha value is -7.41. The van der Waals surface area contributed by atoms with E-state index in [-0.39, 0.29) is 50.8 Å². The molecule has 2 saturated carbocycles. The first-order valence-electron chi connectivity index (χ1n) is 23.5. The first-order valence-corrected chi connectivity index (χ1v) is 24.6. The molecule has 79 heavy (non-hydrogen) atoms. The number of ether oxygens (including phenoxy) is 2. The SMILES string of the molecule is C.C.N#CCC1(NC(=O)N[C@](Cc2ccccc2)(c2ccc(F)cc2)c2cc(F)cc(OC(F)(F)C(F)F)c2)CC1.O=C(NC1(CBr)CC1)N[C@](Cc1ccccc1)(c1ccc(F)cc1)c1cc(F)cc(OC(F)(F)C(F)F)c1. The summed E-state index contributed by atoms with van der Waals surface area (Å²) < 4.78 is 172. The average Bonchev–Trinajstić information content (AvgIpc) is 4.33. The van der Waals surface area contributed by atoms with E-state index in [2.05, 4.69) is 46.7 Å². The lowest BCUT2D eigenvalue weighted by atomic mass is 9.77. The van der Waals surface area contributed by atoms with Gasteiger partial charge < -0.3 is 30.7 Å². The van der Waals surface area contributed by atoms with Gasteiger partial charge in [-0.05, 0) is 108 Å². The molecular formula is C57H54BrF12N5O4. The molecule has 6 aromatic rings. The highest BCUT2D eigenvalue weighted by Gasteiger charge is 2.49. The topological polar surface area (TPSA) is 125 Å². The summed E-state index contributed by atoms with van der Waals surface area (Å²) >= 11 is 3.37. The van der Waals surface area contributed by atoms with E-state index >= 15 is 0 Å². The van der Waals surface area contributed by atoms with Crippen molar-refractivity contribution in [2.45, 2.75) is 107 Å². The summed E-state index contributed by atoms with van der Waals surface area (Å²) in [7, 11) is 0. The molecule has 0 aromatic heterocycles. The number of alkyl halides is 9. The van der Waals surface area contributed by atoms with Crippen LogP contribution in [0.2, 0.25) is 0 Å². The van der Waals surface area contributed by atoms with Crippen LogP contribution in [0.25, 0.3) is 0 Å². The van der Waals surface area contributed by atoms with E-state index in [0.29, 0.717) is 59.8 Å². The van der Waals surface area contributed by atoms with Gasteiger partial charge in [-0.25, -0.2) is 27.2 Å². The van der Waals surface area contributed by atoms with Crippen molar-refractivity contribution in [1.29, 1.82) is 5.26 Å². The van der Waals surface area contributed by atoms with Gasteiger partial charge in [-0.15, -0.1) is 0 Å². The number of nitrogens with zero attached hydrogens (tertiary/aromatic N) is 1. The highest BCUT2D eigenvalue weighted by molar-refractivity contribution is 9.09. The molecule has 6 aromatic carbocycles. The zero-order chi connectivity index (χ0) is 55.8. The zero-order valence-electron chi connectivity index (χ0n) is 40.2. The van der Waals surface area contributed by atoms with Crippen molar-refractivity contribution in [3.8, 4) is 17.6 Å². The van der Waals surface area contributed by atoms with Gasteiger partial charge >= 0.3 is 37.1 Å². The Morgan fingerprint density at radius 3 is 1.20 bits per heavy atom. The quantitative estimate of drug-likeness (QED) is 0.0448. The number of carbonyl (C=O) groups excluding carboxylic acids is 2. The summed E-state index contributed by atoms with van der Waals surface area (Å²) in [6, 6.07) is 32.6. The number of hydrogen-bond acceptors (Lipinski definition) is 5. The maximum atomic E-state index is 14.8. The molecule has 2 atom stereocenters. The molecule has 8 rings (SSSR count). The molecule has 0 saturated heterocycles. The summed E-state index contributed by atoms with van der Waals surface area (Å²) in [5.74, 6) is -5.13. The highest BCUT2D eigenvalue weighted by atomic mass is 79.9. The first-order chi connectivity index (χ1) is 36.4. The molecule has 0 heterocycles. The van der Waals surface area contributed by atoms with E-state index in [1.54, 1.807) is 60.7 Å². The number of hydrogen-bond donors (Lipinski definition) is 4. The molecule has 422 valence electrons. The molecule has 4 N–H and O–H groups in total. The second-order valence-electron chi connectivity index (χ2n) is 18.6. The largest absolute Gasteiger partial charge is 0.461 e. The standard InChI is InChI=1S/C28H23F6N3O2.C27H23BrF6N2O2.2CH4/c29-21-8-6-19(7-9-21)27(17-18-4-2-1-3-5-18,37-25(38)36-26(10-11-26)12-13-35)20-14-22(30)16-23(15-20)39-28(33,34)24(31)32;28-16-25(10-11-25)35-24(37)36-26(15-17-4-2-1-3-5-17,18-6-8-20(29)9-7-18)19-12-21(30)14-22(13-19)38-27(33,34)23(31)32;;/h1-9,14-16,24H,10-12,17H2,(H2,36,37,38);1-9,12-14,23H,10-11,15-16H2,(H2,35,36,37);2*1H4/t27-;26-;;/m11../s1. The third-order valence-electron chi connectivity index (χ3n) is 12.8. The van der Waals surface area contributed by atoms with Crippen molar-refractivity contribution in [1.82, 2.24) is 21.3 Å². The van der Waals surface area contributed by atoms with Crippen LogP contribution in [-0.2, 0) is 23.9 Å². The number of carbonyl (C=O) groups is 2. The van der Waals surface area contributed by atoms with Gasteiger partial charge in [0.1, 0.15) is 34.8 Å². The number of nitrogens with one attached hydrogen (secondary N) is 4. The van der Waals surface area contributed by atoms with Crippen LogP contribution in [0.15, 0.2) is 146 Å². The summed E-state index contributed by atoms with van der Waals surface area (Å²) in [5, 5.41) is 20.9. The lowest BCUT2D eigenvalue weighted by Crippen LogP contribution is -2.55. The molecule has 0 unspecified atom stereocenters. The maximum absolute atomic E-state index is 14.8. The lowest BCUT2D eigenvalue weighted by molar-refractivity contribution is -0.253. The second kappa shape index (κ2) is 25.6. The Labute approximate surface area is 456 Å². The van der Waals surface area contributed by atoms with Crippen molar-refractivity contribution < 1.29 is 71.7 Å². The predicted octanol–water partition coefficient (Wildman–Crippen LogP) is 14.6. The lowest BCUT2D eigenvalue weighted by Gasteiger charge is -2.37. The van der Waals surface area contributed by atoms with Crippen molar-refractivity contribution in [2.24, 2.45) is 0 Å². The molecule has 9 nitrogen and oxygen atoms in total. The fourth-order valence-corrected chi connectivity index (χ4v) is 9.25. The molecule has 4 amide bonds. The van der Waals surface area contributed by atoms with E-state index in [1.165, 1.54) is 24.3 Å². The number of nitriles is 1. The van der Waals surface area contributed by atoms with Gasteiger partial charge in [-0.1, -0.05) is 116 Å². The molecule has 0 bridgehead atoms. The number of rotatable bonds is 20. The van der Waals surface area contributed by atoms with Crippen LogP contribution >= 0.6 is 15.9 Å².